The molecule has 0 aromatic carbocycles. The van der Waals surface area contributed by atoms with E-state index in [0.29, 0.717) is 12.1 Å². The lowest BCUT2D eigenvalue weighted by Crippen LogP contribution is -2.40. The van der Waals surface area contributed by atoms with Gasteiger partial charge in [0, 0.05) is 23.8 Å². The lowest BCUT2D eigenvalue weighted by atomic mass is 9.79. The standard InChI is InChI=1S/C13H23N3/c1-9-4-5-13(10(2)6-9)16-11(3)12-7-14-15-8-12/h7-11,13,16H,4-6H2,1-3H3,(H,14,15). The second kappa shape index (κ2) is 5.00. The van der Waals surface area contributed by atoms with Gasteiger partial charge in [-0.05, 0) is 38.0 Å². The number of aromatic nitrogens is 2. The Labute approximate surface area is 98.0 Å². The minimum atomic E-state index is 0.402. The maximum atomic E-state index is 4.00. The predicted molar refractivity (Wildman–Crippen MR) is 66.1 cm³/mol. The molecule has 0 aliphatic heterocycles. The van der Waals surface area contributed by atoms with Gasteiger partial charge >= 0.3 is 0 Å². The van der Waals surface area contributed by atoms with Crippen LogP contribution in [-0.4, -0.2) is 16.2 Å². The molecule has 2 N–H and O–H groups in total. The summed E-state index contributed by atoms with van der Waals surface area (Å²) in [4.78, 5) is 0. The van der Waals surface area contributed by atoms with Crippen LogP contribution in [0.5, 0.6) is 0 Å². The fourth-order valence-corrected chi connectivity index (χ4v) is 2.83. The topological polar surface area (TPSA) is 40.7 Å². The Morgan fingerprint density at radius 2 is 2.25 bits per heavy atom. The molecule has 0 spiro atoms. The van der Waals surface area contributed by atoms with Crippen molar-refractivity contribution in [2.75, 3.05) is 0 Å². The number of hydrogen-bond acceptors (Lipinski definition) is 2. The van der Waals surface area contributed by atoms with E-state index in [2.05, 4.69) is 36.3 Å². The fraction of sp³-hybridized carbons (Fsp3) is 0.769. The molecule has 1 fully saturated rings. The number of nitrogens with zero attached hydrogens (tertiary/aromatic N) is 1. The molecular formula is C13H23N3. The lowest BCUT2D eigenvalue weighted by molar-refractivity contribution is 0.216. The van der Waals surface area contributed by atoms with E-state index in [4.69, 9.17) is 0 Å². The van der Waals surface area contributed by atoms with Crippen molar-refractivity contribution in [3.05, 3.63) is 18.0 Å². The summed E-state index contributed by atoms with van der Waals surface area (Å²) in [6.07, 6.45) is 7.92. The van der Waals surface area contributed by atoms with Gasteiger partial charge < -0.3 is 5.32 Å². The molecule has 4 atom stereocenters. The third-order valence-electron chi connectivity index (χ3n) is 3.91. The van der Waals surface area contributed by atoms with Crippen LogP contribution in [0.1, 0.15) is 51.6 Å². The molecule has 0 saturated heterocycles. The van der Waals surface area contributed by atoms with Crippen LogP contribution in [0.25, 0.3) is 0 Å². The zero-order chi connectivity index (χ0) is 11.5. The van der Waals surface area contributed by atoms with Crippen LogP contribution in [0.3, 0.4) is 0 Å². The molecular weight excluding hydrogens is 198 g/mol. The van der Waals surface area contributed by atoms with Crippen LogP contribution in [0.15, 0.2) is 12.4 Å². The Bertz CT molecular complexity index is 307. The number of nitrogens with one attached hydrogen (secondary N) is 2. The Hall–Kier alpha value is -0.830. The number of rotatable bonds is 3. The van der Waals surface area contributed by atoms with Crippen molar-refractivity contribution in [1.29, 1.82) is 0 Å². The molecule has 16 heavy (non-hydrogen) atoms. The first-order chi connectivity index (χ1) is 7.66. The van der Waals surface area contributed by atoms with Gasteiger partial charge in [-0.2, -0.15) is 5.10 Å². The van der Waals surface area contributed by atoms with E-state index in [0.717, 1.165) is 11.8 Å². The van der Waals surface area contributed by atoms with Crippen LogP contribution >= 0.6 is 0 Å². The Morgan fingerprint density at radius 1 is 1.44 bits per heavy atom. The summed E-state index contributed by atoms with van der Waals surface area (Å²) in [5.41, 5.74) is 1.26. The summed E-state index contributed by atoms with van der Waals surface area (Å²) in [6, 6.07) is 1.07. The van der Waals surface area contributed by atoms with Crippen molar-refractivity contribution in [2.45, 2.75) is 52.1 Å². The van der Waals surface area contributed by atoms with Gasteiger partial charge in [-0.1, -0.05) is 13.8 Å². The van der Waals surface area contributed by atoms with E-state index in [-0.39, 0.29) is 0 Å². The first-order valence-corrected chi connectivity index (χ1v) is 6.41. The molecule has 3 heteroatoms. The summed E-state index contributed by atoms with van der Waals surface area (Å²) in [6.45, 7) is 6.96. The smallest absolute Gasteiger partial charge is 0.0534 e. The molecule has 1 aromatic heterocycles. The first kappa shape index (κ1) is 11.6. The average Bonchev–Trinajstić information content (AvgIpc) is 2.75. The Balaban J connectivity index is 1.89. The molecule has 0 bridgehead atoms. The fourth-order valence-electron chi connectivity index (χ4n) is 2.83. The van der Waals surface area contributed by atoms with Crippen molar-refractivity contribution in [1.82, 2.24) is 15.5 Å². The van der Waals surface area contributed by atoms with E-state index in [1.807, 2.05) is 12.4 Å². The average molecular weight is 221 g/mol. The summed E-state index contributed by atoms with van der Waals surface area (Å²) in [7, 11) is 0. The second-order valence-electron chi connectivity index (χ2n) is 5.42. The van der Waals surface area contributed by atoms with Gasteiger partial charge in [0.05, 0.1) is 6.20 Å². The van der Waals surface area contributed by atoms with Crippen LogP contribution < -0.4 is 5.32 Å². The highest BCUT2D eigenvalue weighted by Crippen LogP contribution is 2.30. The van der Waals surface area contributed by atoms with E-state index >= 15 is 0 Å². The quantitative estimate of drug-likeness (QED) is 0.824. The van der Waals surface area contributed by atoms with Crippen LogP contribution in [0.2, 0.25) is 0 Å². The number of aromatic amines is 1. The zero-order valence-electron chi connectivity index (χ0n) is 10.5. The Morgan fingerprint density at radius 3 is 2.88 bits per heavy atom. The van der Waals surface area contributed by atoms with Gasteiger partial charge in [-0.25, -0.2) is 0 Å². The molecule has 1 aromatic rings. The molecule has 4 unspecified atom stereocenters. The summed E-state index contributed by atoms with van der Waals surface area (Å²) < 4.78 is 0. The van der Waals surface area contributed by atoms with Gasteiger partial charge in [0.15, 0.2) is 0 Å². The molecule has 1 aliphatic carbocycles. The van der Waals surface area contributed by atoms with Crippen LogP contribution in [-0.2, 0) is 0 Å². The molecule has 3 nitrogen and oxygen atoms in total. The largest absolute Gasteiger partial charge is 0.307 e. The van der Waals surface area contributed by atoms with Crippen molar-refractivity contribution < 1.29 is 0 Å². The lowest BCUT2D eigenvalue weighted by Gasteiger charge is -2.35. The van der Waals surface area contributed by atoms with Gasteiger partial charge in [-0.3, -0.25) is 5.10 Å². The minimum absolute atomic E-state index is 0.402. The first-order valence-electron chi connectivity index (χ1n) is 6.41. The SMILES string of the molecule is CC1CCC(NC(C)c2cn[nH]c2)C(C)C1. The summed E-state index contributed by atoms with van der Waals surface area (Å²) in [5.74, 6) is 1.69. The van der Waals surface area contributed by atoms with Crippen molar-refractivity contribution in [3.63, 3.8) is 0 Å². The van der Waals surface area contributed by atoms with Crippen molar-refractivity contribution in [3.8, 4) is 0 Å². The third kappa shape index (κ3) is 2.64. The van der Waals surface area contributed by atoms with Gasteiger partial charge in [0.25, 0.3) is 0 Å². The molecule has 1 aliphatic rings. The highest BCUT2D eigenvalue weighted by atomic mass is 15.1. The normalized spacial score (nSPS) is 32.6. The van der Waals surface area contributed by atoms with Crippen LogP contribution in [0, 0.1) is 11.8 Å². The number of hydrogen-bond donors (Lipinski definition) is 2. The summed E-state index contributed by atoms with van der Waals surface area (Å²) >= 11 is 0. The van der Waals surface area contributed by atoms with Crippen molar-refractivity contribution in [2.24, 2.45) is 11.8 Å². The maximum absolute atomic E-state index is 4.00. The Kier molecular flexibility index (Phi) is 3.64. The van der Waals surface area contributed by atoms with Gasteiger partial charge in [-0.15, -0.1) is 0 Å². The number of H-pyrrole nitrogens is 1. The summed E-state index contributed by atoms with van der Waals surface area (Å²) in [5, 5.41) is 10.6. The molecule has 90 valence electrons. The molecule has 0 amide bonds. The maximum Gasteiger partial charge on any atom is 0.0534 e. The zero-order valence-corrected chi connectivity index (χ0v) is 10.5. The monoisotopic (exact) mass is 221 g/mol. The predicted octanol–water partition coefficient (Wildman–Crippen LogP) is 2.89. The van der Waals surface area contributed by atoms with Gasteiger partial charge in [0.2, 0.25) is 0 Å². The molecule has 1 heterocycles. The minimum Gasteiger partial charge on any atom is -0.307 e. The molecule has 1 saturated carbocycles. The highest BCUT2D eigenvalue weighted by molar-refractivity contribution is 5.08. The van der Waals surface area contributed by atoms with Crippen molar-refractivity contribution >= 4 is 0 Å². The van der Waals surface area contributed by atoms with E-state index in [1.165, 1.54) is 24.8 Å². The van der Waals surface area contributed by atoms with Gasteiger partial charge in [0.1, 0.15) is 0 Å². The van der Waals surface area contributed by atoms with E-state index in [1.54, 1.807) is 0 Å². The second-order valence-corrected chi connectivity index (χ2v) is 5.42. The molecule has 0 radical (unpaired) electrons. The highest BCUT2D eigenvalue weighted by Gasteiger charge is 2.26. The van der Waals surface area contributed by atoms with E-state index < -0.39 is 0 Å². The molecule has 2 rings (SSSR count). The third-order valence-corrected chi connectivity index (χ3v) is 3.91. The van der Waals surface area contributed by atoms with E-state index in [9.17, 15) is 0 Å². The van der Waals surface area contributed by atoms with Crippen LogP contribution in [0.4, 0.5) is 0 Å².